The molecule has 0 unspecified atom stereocenters. The number of hydrogen-bond donors (Lipinski definition) is 1. The van der Waals surface area contributed by atoms with Crippen molar-refractivity contribution in [2.45, 2.75) is 39.0 Å². The summed E-state index contributed by atoms with van der Waals surface area (Å²) in [5, 5.41) is 0. The first-order chi connectivity index (χ1) is 17.3. The molecule has 8 heteroatoms. The van der Waals surface area contributed by atoms with Gasteiger partial charge in [0.2, 0.25) is 0 Å². The van der Waals surface area contributed by atoms with E-state index in [1.165, 1.54) is 11.1 Å². The van der Waals surface area contributed by atoms with Gasteiger partial charge in [0.1, 0.15) is 0 Å². The minimum Gasteiger partial charge on any atom is -0.447 e. The van der Waals surface area contributed by atoms with Crippen molar-refractivity contribution in [3.8, 4) is 0 Å². The Morgan fingerprint density at radius 1 is 1.17 bits per heavy atom. The average Bonchev–Trinajstić information content (AvgIpc) is 3.23. The molecule has 2 atom stereocenters. The van der Waals surface area contributed by atoms with E-state index in [0.29, 0.717) is 13.1 Å². The molecule has 3 heterocycles. The first-order valence-corrected chi connectivity index (χ1v) is 12.5. The zero-order chi connectivity index (χ0) is 25.4. The second-order valence-electron chi connectivity index (χ2n) is 9.93. The van der Waals surface area contributed by atoms with Crippen LogP contribution in [0.1, 0.15) is 59.6 Å². The number of benzene rings is 1. The molecule has 2 aromatic heterocycles. The van der Waals surface area contributed by atoms with Crippen molar-refractivity contribution < 1.29 is 9.53 Å². The lowest BCUT2D eigenvalue weighted by atomic mass is 9.89. The van der Waals surface area contributed by atoms with E-state index >= 15 is 0 Å². The summed E-state index contributed by atoms with van der Waals surface area (Å²) in [5.74, 6) is 0. The van der Waals surface area contributed by atoms with Crippen LogP contribution in [0.4, 0.5) is 4.79 Å². The molecule has 1 aliphatic carbocycles. The van der Waals surface area contributed by atoms with E-state index in [4.69, 9.17) is 15.5 Å². The van der Waals surface area contributed by atoms with Crippen molar-refractivity contribution in [1.82, 2.24) is 24.3 Å². The van der Waals surface area contributed by atoms with Gasteiger partial charge in [-0.25, -0.2) is 9.78 Å². The number of rotatable bonds is 4. The Balaban J connectivity index is 1.55. The van der Waals surface area contributed by atoms with E-state index in [9.17, 15) is 4.79 Å². The molecule has 1 amide bonds. The van der Waals surface area contributed by atoms with Crippen LogP contribution in [0, 0.1) is 6.92 Å². The number of pyridine rings is 1. The van der Waals surface area contributed by atoms with Gasteiger partial charge >= 0.3 is 6.09 Å². The molecule has 1 aromatic carbocycles. The predicted molar refractivity (Wildman–Crippen MR) is 140 cm³/mol. The number of amides is 1. The summed E-state index contributed by atoms with van der Waals surface area (Å²) < 4.78 is 7.40. The molecular formula is C28H34N6O2. The zero-order valence-corrected chi connectivity index (χ0v) is 21.4. The number of carbonyl (C=O) groups is 1. The van der Waals surface area contributed by atoms with Crippen molar-refractivity contribution in [2.24, 2.45) is 12.8 Å². The maximum Gasteiger partial charge on any atom is 0.410 e. The summed E-state index contributed by atoms with van der Waals surface area (Å²) in [4.78, 5) is 25.9. The van der Waals surface area contributed by atoms with Gasteiger partial charge in [-0.1, -0.05) is 29.8 Å². The Hall–Kier alpha value is -3.49. The molecule has 0 spiro atoms. The Morgan fingerprint density at radius 3 is 2.64 bits per heavy atom. The van der Waals surface area contributed by atoms with Crippen LogP contribution in [0.15, 0.2) is 49.1 Å². The minimum atomic E-state index is -0.340. The molecule has 0 saturated carbocycles. The van der Waals surface area contributed by atoms with Crippen LogP contribution in [-0.2, 0) is 11.8 Å². The summed E-state index contributed by atoms with van der Waals surface area (Å²) in [6, 6.07) is 10.3. The first kappa shape index (κ1) is 24.2. The topological polar surface area (TPSA) is 89.5 Å². The number of nitrogens with two attached hydrogens (primary N) is 1. The standard InChI is InChI=1S/C28H34N6O2/c1-18(2)36-28(35)34-12-10-33(11-13-34)27-21-8-7-19(3)14-22(21)23(15-20-6-5-9-31-26(20)27)25(29)24-16-30-17-32(24)4/h5-9,14-18,25,27H,10-13,29H2,1-4H3/t25-,27-/m0/s1. The Bertz CT molecular complexity index is 1290. The number of imidazole rings is 1. The summed E-state index contributed by atoms with van der Waals surface area (Å²) in [7, 11) is 1.97. The van der Waals surface area contributed by atoms with E-state index in [1.54, 1.807) is 11.2 Å². The van der Waals surface area contributed by atoms with Crippen molar-refractivity contribution in [3.05, 3.63) is 82.7 Å². The van der Waals surface area contributed by atoms with Crippen molar-refractivity contribution >= 4 is 17.7 Å². The summed E-state index contributed by atoms with van der Waals surface area (Å²) >= 11 is 0. The molecular weight excluding hydrogens is 452 g/mol. The van der Waals surface area contributed by atoms with Crippen molar-refractivity contribution in [2.75, 3.05) is 26.2 Å². The number of ether oxygens (including phenoxy) is 1. The normalized spacial score (nSPS) is 18.8. The lowest BCUT2D eigenvalue weighted by Gasteiger charge is -2.39. The highest BCUT2D eigenvalue weighted by Gasteiger charge is 2.35. The fourth-order valence-electron chi connectivity index (χ4n) is 5.22. The van der Waals surface area contributed by atoms with Gasteiger partial charge in [-0.3, -0.25) is 9.88 Å². The molecule has 1 aliphatic heterocycles. The van der Waals surface area contributed by atoms with Crippen molar-refractivity contribution in [3.63, 3.8) is 0 Å². The number of nitrogens with zero attached hydrogens (tertiary/aromatic N) is 5. The Morgan fingerprint density at radius 2 is 1.94 bits per heavy atom. The third-order valence-electron chi connectivity index (χ3n) is 7.04. The van der Waals surface area contributed by atoms with Crippen LogP contribution in [0.5, 0.6) is 0 Å². The molecule has 2 N–H and O–H groups in total. The highest BCUT2D eigenvalue weighted by molar-refractivity contribution is 5.88. The monoisotopic (exact) mass is 486 g/mol. The van der Waals surface area contributed by atoms with Gasteiger partial charge in [0, 0.05) is 39.4 Å². The molecule has 8 nitrogen and oxygen atoms in total. The molecule has 2 aliphatic rings. The molecule has 1 saturated heterocycles. The van der Waals surface area contributed by atoms with Gasteiger partial charge in [-0.15, -0.1) is 0 Å². The van der Waals surface area contributed by atoms with Crippen LogP contribution in [-0.4, -0.2) is 62.7 Å². The molecule has 188 valence electrons. The number of aromatic nitrogens is 3. The largest absolute Gasteiger partial charge is 0.447 e. The fourth-order valence-corrected chi connectivity index (χ4v) is 5.22. The van der Waals surface area contributed by atoms with Crippen LogP contribution in [0.2, 0.25) is 0 Å². The molecule has 5 rings (SSSR count). The van der Waals surface area contributed by atoms with Crippen LogP contribution in [0.3, 0.4) is 0 Å². The Kier molecular flexibility index (Phi) is 6.64. The third-order valence-corrected chi connectivity index (χ3v) is 7.04. The van der Waals surface area contributed by atoms with E-state index in [2.05, 4.69) is 47.1 Å². The minimum absolute atomic E-state index is 0.0486. The van der Waals surface area contributed by atoms with Gasteiger partial charge in [0.15, 0.2) is 0 Å². The number of fused-ring (bicyclic) bond motifs is 2. The number of aryl methyl sites for hydroxylation is 2. The second-order valence-corrected chi connectivity index (χ2v) is 9.93. The number of carbonyl (C=O) groups excluding carboxylic acids is 1. The van der Waals surface area contributed by atoms with E-state index in [1.807, 2.05) is 43.9 Å². The number of hydrogen-bond acceptors (Lipinski definition) is 6. The van der Waals surface area contributed by atoms with Crippen molar-refractivity contribution in [1.29, 1.82) is 0 Å². The predicted octanol–water partition coefficient (Wildman–Crippen LogP) is 3.93. The highest BCUT2D eigenvalue weighted by Crippen LogP contribution is 2.43. The van der Waals surface area contributed by atoms with Crippen LogP contribution >= 0.6 is 0 Å². The van der Waals surface area contributed by atoms with Gasteiger partial charge < -0.3 is 19.9 Å². The van der Waals surface area contributed by atoms with Gasteiger partial charge in [-0.05, 0) is 55.2 Å². The first-order valence-electron chi connectivity index (χ1n) is 12.5. The summed E-state index contributed by atoms with van der Waals surface area (Å²) in [5.41, 5.74) is 14.5. The summed E-state index contributed by atoms with van der Waals surface area (Å²) in [6.45, 7) is 8.54. The van der Waals surface area contributed by atoms with E-state index in [-0.39, 0.29) is 24.3 Å². The maximum atomic E-state index is 12.5. The lowest BCUT2D eigenvalue weighted by molar-refractivity contribution is 0.0513. The molecule has 3 aromatic rings. The third kappa shape index (κ3) is 4.54. The van der Waals surface area contributed by atoms with E-state index in [0.717, 1.165) is 41.2 Å². The molecule has 0 radical (unpaired) electrons. The smallest absolute Gasteiger partial charge is 0.410 e. The second kappa shape index (κ2) is 9.87. The van der Waals surface area contributed by atoms with Gasteiger partial charge in [0.25, 0.3) is 0 Å². The summed E-state index contributed by atoms with van der Waals surface area (Å²) in [6.07, 6.45) is 7.29. The SMILES string of the molecule is Cc1ccc2c(c1)C([C@H](N)c1cncn1C)=Cc1cccnc1[C@H]2N1CCN(C(=O)OC(C)C)CC1. The number of piperazine rings is 1. The average molecular weight is 487 g/mol. The van der Waals surface area contributed by atoms with Gasteiger partial charge in [0.05, 0.1) is 42.1 Å². The van der Waals surface area contributed by atoms with Gasteiger partial charge in [-0.2, -0.15) is 0 Å². The molecule has 1 fully saturated rings. The zero-order valence-electron chi connectivity index (χ0n) is 21.4. The molecule has 0 bridgehead atoms. The van der Waals surface area contributed by atoms with Crippen LogP contribution < -0.4 is 5.73 Å². The fraction of sp³-hybridized carbons (Fsp3) is 0.393. The lowest BCUT2D eigenvalue weighted by Crippen LogP contribution is -2.50. The molecule has 36 heavy (non-hydrogen) atoms. The Labute approximate surface area is 212 Å². The van der Waals surface area contributed by atoms with Crippen LogP contribution in [0.25, 0.3) is 11.6 Å². The van der Waals surface area contributed by atoms with E-state index < -0.39 is 0 Å². The maximum absolute atomic E-state index is 12.5. The highest BCUT2D eigenvalue weighted by atomic mass is 16.6. The quantitative estimate of drug-likeness (QED) is 0.601.